The third-order valence-corrected chi connectivity index (χ3v) is 4.21. The maximum Gasteiger partial charge on any atom is 0.266 e. The molecule has 0 atom stereocenters. The van der Waals surface area contributed by atoms with Crippen LogP contribution >= 0.6 is 0 Å². The molecule has 4 nitrogen and oxygen atoms in total. The van der Waals surface area contributed by atoms with E-state index in [1.165, 1.54) is 17.0 Å². The Bertz CT molecular complexity index is 908. The number of benzene rings is 2. The number of aryl methyl sites for hydroxylation is 2. The van der Waals surface area contributed by atoms with Crippen LogP contribution in [-0.2, 0) is 11.3 Å². The lowest BCUT2D eigenvalue weighted by Crippen LogP contribution is -2.35. The van der Waals surface area contributed by atoms with Gasteiger partial charge in [0.15, 0.2) is 6.61 Å². The number of para-hydroxylation sites is 1. The standard InChI is InChI=1S/C22H21FN2O2/c1-16-7-5-8-17(2)22(16)27-15-21(26)25(20-11-3-4-12-24-20)14-18-9-6-10-19(23)13-18/h3-13H,14-15H2,1-2H3. The fourth-order valence-electron chi connectivity index (χ4n) is 2.87. The molecule has 3 aromatic rings. The lowest BCUT2D eigenvalue weighted by Gasteiger charge is -2.22. The number of nitrogens with zero attached hydrogens (tertiary/aromatic N) is 2. The average Bonchev–Trinajstić information content (AvgIpc) is 2.66. The Morgan fingerprint density at radius 1 is 1.04 bits per heavy atom. The van der Waals surface area contributed by atoms with Gasteiger partial charge >= 0.3 is 0 Å². The quantitative estimate of drug-likeness (QED) is 0.649. The Morgan fingerprint density at radius 2 is 1.78 bits per heavy atom. The maximum absolute atomic E-state index is 13.5. The van der Waals surface area contributed by atoms with E-state index in [2.05, 4.69) is 4.98 Å². The van der Waals surface area contributed by atoms with Gasteiger partial charge in [-0.25, -0.2) is 9.37 Å². The number of carbonyl (C=O) groups excluding carboxylic acids is 1. The molecule has 0 radical (unpaired) electrons. The van der Waals surface area contributed by atoms with Crippen molar-refractivity contribution in [2.75, 3.05) is 11.5 Å². The maximum atomic E-state index is 13.5. The molecule has 0 unspecified atom stereocenters. The first-order valence-corrected chi connectivity index (χ1v) is 8.69. The number of carbonyl (C=O) groups is 1. The molecule has 0 saturated carbocycles. The molecule has 138 valence electrons. The molecule has 0 spiro atoms. The Hall–Kier alpha value is -3.21. The van der Waals surface area contributed by atoms with Crippen molar-refractivity contribution in [3.63, 3.8) is 0 Å². The summed E-state index contributed by atoms with van der Waals surface area (Å²) in [6, 6.07) is 17.3. The normalized spacial score (nSPS) is 10.5. The average molecular weight is 364 g/mol. The molecule has 0 aliphatic heterocycles. The van der Waals surface area contributed by atoms with Crippen LogP contribution in [0, 0.1) is 19.7 Å². The Morgan fingerprint density at radius 3 is 2.44 bits per heavy atom. The Labute approximate surface area is 158 Å². The van der Waals surface area contributed by atoms with Crippen LogP contribution in [0.5, 0.6) is 5.75 Å². The summed E-state index contributed by atoms with van der Waals surface area (Å²) in [6.07, 6.45) is 1.62. The monoisotopic (exact) mass is 364 g/mol. The first-order valence-electron chi connectivity index (χ1n) is 8.69. The third-order valence-electron chi connectivity index (χ3n) is 4.21. The van der Waals surface area contributed by atoms with Crippen LogP contribution < -0.4 is 9.64 Å². The minimum Gasteiger partial charge on any atom is -0.483 e. The summed E-state index contributed by atoms with van der Waals surface area (Å²) < 4.78 is 19.3. The molecule has 0 bridgehead atoms. The second-order valence-electron chi connectivity index (χ2n) is 6.31. The van der Waals surface area contributed by atoms with E-state index < -0.39 is 0 Å². The molecule has 0 saturated heterocycles. The molecule has 27 heavy (non-hydrogen) atoms. The minimum absolute atomic E-state index is 0.127. The molecular weight excluding hydrogens is 343 g/mol. The van der Waals surface area contributed by atoms with E-state index in [0.717, 1.165) is 11.1 Å². The molecule has 5 heteroatoms. The summed E-state index contributed by atoms with van der Waals surface area (Å²) in [4.78, 5) is 18.7. The van der Waals surface area contributed by atoms with Gasteiger partial charge in [0, 0.05) is 6.20 Å². The topological polar surface area (TPSA) is 42.4 Å². The van der Waals surface area contributed by atoms with Crippen LogP contribution in [0.3, 0.4) is 0 Å². The van der Waals surface area contributed by atoms with Gasteiger partial charge in [-0.1, -0.05) is 36.4 Å². The van der Waals surface area contributed by atoms with Gasteiger partial charge in [0.25, 0.3) is 5.91 Å². The molecule has 0 fully saturated rings. The molecule has 2 aromatic carbocycles. The zero-order chi connectivity index (χ0) is 19.2. The predicted molar refractivity (Wildman–Crippen MR) is 103 cm³/mol. The van der Waals surface area contributed by atoms with Gasteiger partial charge in [0.2, 0.25) is 0 Å². The largest absolute Gasteiger partial charge is 0.483 e. The lowest BCUT2D eigenvalue weighted by atomic mass is 10.1. The van der Waals surface area contributed by atoms with Crippen LogP contribution in [0.1, 0.15) is 16.7 Å². The molecule has 0 aliphatic rings. The highest BCUT2D eigenvalue weighted by molar-refractivity contribution is 5.93. The molecule has 0 N–H and O–H groups in total. The van der Waals surface area contributed by atoms with Gasteiger partial charge in [-0.05, 0) is 54.8 Å². The fourth-order valence-corrected chi connectivity index (χ4v) is 2.87. The van der Waals surface area contributed by atoms with Crippen molar-refractivity contribution in [1.29, 1.82) is 0 Å². The summed E-state index contributed by atoms with van der Waals surface area (Å²) in [7, 11) is 0. The zero-order valence-corrected chi connectivity index (χ0v) is 15.4. The van der Waals surface area contributed by atoms with Crippen molar-refractivity contribution in [3.05, 3.63) is 89.4 Å². The number of ether oxygens (including phenoxy) is 1. The number of halogens is 1. The van der Waals surface area contributed by atoms with Crippen LogP contribution in [-0.4, -0.2) is 17.5 Å². The zero-order valence-electron chi connectivity index (χ0n) is 15.4. The van der Waals surface area contributed by atoms with Crippen molar-refractivity contribution in [2.45, 2.75) is 20.4 Å². The number of rotatable bonds is 6. The number of hydrogen-bond donors (Lipinski definition) is 0. The first-order chi connectivity index (χ1) is 13.0. The summed E-state index contributed by atoms with van der Waals surface area (Å²) in [5, 5.41) is 0. The second-order valence-corrected chi connectivity index (χ2v) is 6.31. The van der Waals surface area contributed by atoms with Gasteiger partial charge in [-0.2, -0.15) is 0 Å². The van der Waals surface area contributed by atoms with E-state index in [1.54, 1.807) is 36.5 Å². The second kappa shape index (κ2) is 8.45. The van der Waals surface area contributed by atoms with E-state index in [4.69, 9.17) is 4.74 Å². The summed E-state index contributed by atoms with van der Waals surface area (Å²) in [5.41, 5.74) is 2.62. The Balaban J connectivity index is 1.81. The summed E-state index contributed by atoms with van der Waals surface area (Å²) in [5.74, 6) is 0.614. The Kier molecular flexibility index (Phi) is 5.81. The fraction of sp³-hybridized carbons (Fsp3) is 0.182. The molecular formula is C22H21FN2O2. The summed E-state index contributed by atoms with van der Waals surface area (Å²) >= 11 is 0. The highest BCUT2D eigenvalue weighted by Gasteiger charge is 2.19. The lowest BCUT2D eigenvalue weighted by molar-refractivity contribution is -0.120. The van der Waals surface area contributed by atoms with Crippen molar-refractivity contribution >= 4 is 11.7 Å². The van der Waals surface area contributed by atoms with Gasteiger partial charge in [-0.3, -0.25) is 9.69 Å². The van der Waals surface area contributed by atoms with Crippen molar-refractivity contribution < 1.29 is 13.9 Å². The van der Waals surface area contributed by atoms with E-state index in [9.17, 15) is 9.18 Å². The van der Waals surface area contributed by atoms with Crippen molar-refractivity contribution in [3.8, 4) is 5.75 Å². The summed E-state index contributed by atoms with van der Waals surface area (Å²) in [6.45, 7) is 3.97. The van der Waals surface area contributed by atoms with Gasteiger partial charge in [0.1, 0.15) is 17.4 Å². The molecule has 3 rings (SSSR count). The van der Waals surface area contributed by atoms with Crippen molar-refractivity contribution in [2.24, 2.45) is 0 Å². The first kappa shape index (κ1) is 18.6. The molecule has 0 aliphatic carbocycles. The van der Waals surface area contributed by atoms with Crippen LogP contribution in [0.4, 0.5) is 10.2 Å². The number of hydrogen-bond acceptors (Lipinski definition) is 3. The smallest absolute Gasteiger partial charge is 0.266 e. The van der Waals surface area contributed by atoms with Gasteiger partial charge in [0.05, 0.1) is 6.54 Å². The number of pyridine rings is 1. The van der Waals surface area contributed by atoms with Crippen LogP contribution in [0.2, 0.25) is 0 Å². The molecule has 1 heterocycles. The SMILES string of the molecule is Cc1cccc(C)c1OCC(=O)N(Cc1cccc(F)c1)c1ccccn1. The van der Waals surface area contributed by atoms with E-state index in [-0.39, 0.29) is 24.9 Å². The van der Waals surface area contributed by atoms with E-state index in [0.29, 0.717) is 17.1 Å². The van der Waals surface area contributed by atoms with E-state index in [1.807, 2.05) is 32.0 Å². The predicted octanol–water partition coefficient (Wildman–Crippen LogP) is 4.45. The number of amides is 1. The van der Waals surface area contributed by atoms with Crippen molar-refractivity contribution in [1.82, 2.24) is 4.98 Å². The molecule has 1 amide bonds. The highest BCUT2D eigenvalue weighted by atomic mass is 19.1. The minimum atomic E-state index is -0.340. The number of anilines is 1. The van der Waals surface area contributed by atoms with Crippen LogP contribution in [0.15, 0.2) is 66.9 Å². The van der Waals surface area contributed by atoms with Gasteiger partial charge in [-0.15, -0.1) is 0 Å². The van der Waals surface area contributed by atoms with Crippen LogP contribution in [0.25, 0.3) is 0 Å². The molecule has 1 aromatic heterocycles. The van der Waals surface area contributed by atoms with E-state index >= 15 is 0 Å². The number of aromatic nitrogens is 1. The highest BCUT2D eigenvalue weighted by Crippen LogP contribution is 2.23. The van der Waals surface area contributed by atoms with Gasteiger partial charge < -0.3 is 4.74 Å². The third kappa shape index (κ3) is 4.70.